The molecule has 0 N–H and O–H groups in total. The minimum atomic E-state index is -0.316. The first-order chi connectivity index (χ1) is 10.7. The number of nitrogens with zero attached hydrogens (tertiary/aromatic N) is 3. The number of rotatable bonds is 4. The van der Waals surface area contributed by atoms with Gasteiger partial charge < -0.3 is 4.90 Å². The van der Waals surface area contributed by atoms with Crippen LogP contribution in [-0.2, 0) is 6.54 Å². The largest absolute Gasteiger partial charge is 0.367 e. The molecule has 0 saturated carbocycles. The lowest BCUT2D eigenvalue weighted by molar-refractivity contribution is 0.796. The van der Waals surface area contributed by atoms with Crippen LogP contribution in [0, 0.1) is 0 Å². The smallest absolute Gasteiger partial charge is 0.292 e. The van der Waals surface area contributed by atoms with Crippen molar-refractivity contribution in [3.63, 3.8) is 0 Å². The van der Waals surface area contributed by atoms with Crippen LogP contribution in [0.1, 0.15) is 4.88 Å². The van der Waals surface area contributed by atoms with Crippen molar-refractivity contribution in [3.05, 3.63) is 74.3 Å². The molecule has 0 atom stereocenters. The number of aromatic nitrogens is 2. The standard InChI is InChI=1S/C16H14ClN3OS/c1-19(11-13-8-5-9-22-13)14-10-18-20(16(21)15(14)17)12-6-3-2-4-7-12/h2-10H,11H2,1H3. The summed E-state index contributed by atoms with van der Waals surface area (Å²) in [7, 11) is 1.90. The maximum absolute atomic E-state index is 12.4. The molecule has 22 heavy (non-hydrogen) atoms. The van der Waals surface area contributed by atoms with Crippen molar-refractivity contribution in [2.45, 2.75) is 6.54 Å². The Morgan fingerprint density at radius 1 is 1.23 bits per heavy atom. The van der Waals surface area contributed by atoms with E-state index in [9.17, 15) is 4.79 Å². The Labute approximate surface area is 137 Å². The summed E-state index contributed by atoms with van der Waals surface area (Å²) < 4.78 is 1.31. The number of para-hydroxylation sites is 1. The van der Waals surface area contributed by atoms with E-state index in [-0.39, 0.29) is 10.6 Å². The molecule has 0 aliphatic carbocycles. The Morgan fingerprint density at radius 2 is 2.00 bits per heavy atom. The number of hydrogen-bond acceptors (Lipinski definition) is 4. The van der Waals surface area contributed by atoms with Gasteiger partial charge in [0.05, 0.1) is 24.1 Å². The van der Waals surface area contributed by atoms with Crippen molar-refractivity contribution in [1.29, 1.82) is 0 Å². The highest BCUT2D eigenvalue weighted by atomic mass is 35.5. The molecule has 0 bridgehead atoms. The number of halogens is 1. The highest BCUT2D eigenvalue weighted by molar-refractivity contribution is 7.09. The molecule has 2 heterocycles. The minimum absolute atomic E-state index is 0.179. The van der Waals surface area contributed by atoms with E-state index >= 15 is 0 Å². The third-order valence-electron chi connectivity index (χ3n) is 3.29. The lowest BCUT2D eigenvalue weighted by atomic mass is 10.3. The topological polar surface area (TPSA) is 38.1 Å². The van der Waals surface area contributed by atoms with E-state index < -0.39 is 0 Å². The second kappa shape index (κ2) is 6.34. The summed E-state index contributed by atoms with van der Waals surface area (Å²) >= 11 is 7.94. The van der Waals surface area contributed by atoms with Crippen LogP contribution in [0.25, 0.3) is 5.69 Å². The molecule has 3 aromatic rings. The predicted octanol–water partition coefficient (Wildman–Crippen LogP) is 3.58. The Hall–Kier alpha value is -2.11. The van der Waals surface area contributed by atoms with Crippen molar-refractivity contribution in [1.82, 2.24) is 9.78 Å². The SMILES string of the molecule is CN(Cc1cccs1)c1cnn(-c2ccccc2)c(=O)c1Cl. The van der Waals surface area contributed by atoms with Gasteiger partial charge in [-0.25, -0.2) is 0 Å². The Morgan fingerprint density at radius 3 is 2.68 bits per heavy atom. The molecule has 112 valence electrons. The van der Waals surface area contributed by atoms with Crippen molar-refractivity contribution in [3.8, 4) is 5.69 Å². The molecule has 0 amide bonds. The Balaban J connectivity index is 1.95. The van der Waals surface area contributed by atoms with Gasteiger partial charge in [-0.3, -0.25) is 4.79 Å². The van der Waals surface area contributed by atoms with E-state index in [1.54, 1.807) is 17.5 Å². The summed E-state index contributed by atoms with van der Waals surface area (Å²) in [6.45, 7) is 0.688. The number of anilines is 1. The lowest BCUT2D eigenvalue weighted by Crippen LogP contribution is -2.26. The van der Waals surface area contributed by atoms with E-state index in [0.717, 1.165) is 0 Å². The van der Waals surface area contributed by atoms with Crippen LogP contribution in [0.15, 0.2) is 58.8 Å². The van der Waals surface area contributed by atoms with Crippen LogP contribution >= 0.6 is 22.9 Å². The third-order valence-corrected chi connectivity index (χ3v) is 4.50. The average Bonchev–Trinajstić information content (AvgIpc) is 3.03. The number of thiophene rings is 1. The summed E-state index contributed by atoms with van der Waals surface area (Å²) in [6, 6.07) is 13.3. The minimum Gasteiger partial charge on any atom is -0.367 e. The zero-order valence-corrected chi connectivity index (χ0v) is 13.5. The highest BCUT2D eigenvalue weighted by Gasteiger charge is 2.14. The first kappa shape index (κ1) is 14.8. The molecule has 0 fully saturated rings. The summed E-state index contributed by atoms with van der Waals surface area (Å²) in [5, 5.41) is 6.44. The maximum atomic E-state index is 12.4. The zero-order valence-electron chi connectivity index (χ0n) is 11.9. The van der Waals surface area contributed by atoms with E-state index in [2.05, 4.69) is 5.10 Å². The fourth-order valence-electron chi connectivity index (χ4n) is 2.16. The summed E-state index contributed by atoms with van der Waals surface area (Å²) in [5.41, 5.74) is 1.01. The van der Waals surface area contributed by atoms with Gasteiger partial charge in [-0.15, -0.1) is 11.3 Å². The summed E-state index contributed by atoms with van der Waals surface area (Å²) in [5.74, 6) is 0. The van der Waals surface area contributed by atoms with Gasteiger partial charge in [0.2, 0.25) is 0 Å². The summed E-state index contributed by atoms with van der Waals surface area (Å²) in [4.78, 5) is 15.6. The number of benzene rings is 1. The fraction of sp³-hybridized carbons (Fsp3) is 0.125. The average molecular weight is 332 g/mol. The molecule has 0 aliphatic heterocycles. The predicted molar refractivity (Wildman–Crippen MR) is 91.3 cm³/mol. The van der Waals surface area contributed by atoms with Crippen LogP contribution in [-0.4, -0.2) is 16.8 Å². The molecular formula is C16H14ClN3OS. The molecule has 0 aliphatic rings. The van der Waals surface area contributed by atoms with Crippen molar-refractivity contribution < 1.29 is 0 Å². The van der Waals surface area contributed by atoms with Crippen LogP contribution in [0.2, 0.25) is 5.02 Å². The van der Waals surface area contributed by atoms with E-state index in [0.29, 0.717) is 17.9 Å². The van der Waals surface area contributed by atoms with Gasteiger partial charge in [-0.1, -0.05) is 35.9 Å². The van der Waals surface area contributed by atoms with E-state index in [4.69, 9.17) is 11.6 Å². The molecule has 2 aromatic heterocycles. The van der Waals surface area contributed by atoms with Crippen LogP contribution < -0.4 is 10.5 Å². The first-order valence-electron chi connectivity index (χ1n) is 6.73. The van der Waals surface area contributed by atoms with Crippen LogP contribution in [0.4, 0.5) is 5.69 Å². The van der Waals surface area contributed by atoms with Gasteiger partial charge in [-0.05, 0) is 23.6 Å². The Kier molecular flexibility index (Phi) is 4.27. The van der Waals surface area contributed by atoms with Gasteiger partial charge >= 0.3 is 0 Å². The van der Waals surface area contributed by atoms with E-state index in [1.165, 1.54) is 9.56 Å². The molecular weight excluding hydrogens is 318 g/mol. The maximum Gasteiger partial charge on any atom is 0.292 e. The third kappa shape index (κ3) is 2.91. The molecule has 0 saturated heterocycles. The van der Waals surface area contributed by atoms with Gasteiger partial charge in [0.1, 0.15) is 5.02 Å². The van der Waals surface area contributed by atoms with E-state index in [1.807, 2.05) is 59.8 Å². The normalized spacial score (nSPS) is 10.6. The molecule has 3 rings (SSSR count). The Bertz CT molecular complexity index is 815. The fourth-order valence-corrected chi connectivity index (χ4v) is 3.20. The molecule has 6 heteroatoms. The quantitative estimate of drug-likeness (QED) is 0.733. The van der Waals surface area contributed by atoms with Crippen LogP contribution in [0.3, 0.4) is 0 Å². The second-order valence-corrected chi connectivity index (χ2v) is 6.24. The van der Waals surface area contributed by atoms with Crippen molar-refractivity contribution in [2.24, 2.45) is 0 Å². The van der Waals surface area contributed by atoms with Crippen molar-refractivity contribution >= 4 is 28.6 Å². The highest BCUT2D eigenvalue weighted by Crippen LogP contribution is 2.23. The number of hydrogen-bond donors (Lipinski definition) is 0. The zero-order chi connectivity index (χ0) is 15.5. The first-order valence-corrected chi connectivity index (χ1v) is 7.99. The monoisotopic (exact) mass is 331 g/mol. The molecule has 0 spiro atoms. The molecule has 1 aromatic carbocycles. The summed E-state index contributed by atoms with van der Waals surface area (Å²) in [6.07, 6.45) is 1.63. The van der Waals surface area contributed by atoms with Crippen LogP contribution in [0.5, 0.6) is 0 Å². The van der Waals surface area contributed by atoms with Gasteiger partial charge in [0.15, 0.2) is 0 Å². The lowest BCUT2D eigenvalue weighted by Gasteiger charge is -2.19. The molecule has 4 nitrogen and oxygen atoms in total. The van der Waals surface area contributed by atoms with Crippen molar-refractivity contribution in [2.75, 3.05) is 11.9 Å². The van der Waals surface area contributed by atoms with Gasteiger partial charge in [0.25, 0.3) is 5.56 Å². The second-order valence-electron chi connectivity index (χ2n) is 4.83. The van der Waals surface area contributed by atoms with Gasteiger partial charge in [-0.2, -0.15) is 9.78 Å². The van der Waals surface area contributed by atoms with Gasteiger partial charge in [0, 0.05) is 11.9 Å². The molecule has 0 radical (unpaired) electrons. The molecule has 0 unspecified atom stereocenters.